The molecule has 1 aromatic carbocycles. The summed E-state index contributed by atoms with van der Waals surface area (Å²) in [5.41, 5.74) is 8.24. The molecular formula is C14H13BrN2OS. The zero-order chi connectivity index (χ0) is 13.8. The summed E-state index contributed by atoms with van der Waals surface area (Å²) in [6, 6.07) is 9.67. The van der Waals surface area contributed by atoms with Crippen LogP contribution in [-0.2, 0) is 6.61 Å². The molecule has 0 aliphatic rings. The molecule has 0 atom stereocenters. The third kappa shape index (κ3) is 3.75. The summed E-state index contributed by atoms with van der Waals surface area (Å²) in [5, 5.41) is 0. The molecule has 0 spiro atoms. The predicted octanol–water partition coefficient (Wildman–Crippen LogP) is 3.37. The first kappa shape index (κ1) is 14.0. The standard InChI is InChI=1S/C14H13BrN2OS/c1-9-2-3-11(15)7-13(9)18-8-10-4-5-17-12(6-10)14(16)19/h2-7H,8H2,1H3,(H2,16,19). The Kier molecular flexibility index (Phi) is 4.50. The maximum atomic E-state index is 5.80. The number of nitrogens with two attached hydrogens (primary N) is 1. The smallest absolute Gasteiger partial charge is 0.123 e. The zero-order valence-corrected chi connectivity index (χ0v) is 12.8. The van der Waals surface area contributed by atoms with Gasteiger partial charge in [-0.25, -0.2) is 0 Å². The second kappa shape index (κ2) is 6.12. The zero-order valence-electron chi connectivity index (χ0n) is 10.4. The van der Waals surface area contributed by atoms with Gasteiger partial charge in [-0.1, -0.05) is 34.2 Å². The van der Waals surface area contributed by atoms with Crippen molar-refractivity contribution in [3.63, 3.8) is 0 Å². The first-order valence-electron chi connectivity index (χ1n) is 5.70. The van der Waals surface area contributed by atoms with Gasteiger partial charge < -0.3 is 10.5 Å². The Morgan fingerprint density at radius 1 is 1.37 bits per heavy atom. The van der Waals surface area contributed by atoms with Gasteiger partial charge in [0, 0.05) is 10.7 Å². The van der Waals surface area contributed by atoms with Gasteiger partial charge in [0.15, 0.2) is 0 Å². The highest BCUT2D eigenvalue weighted by Crippen LogP contribution is 2.23. The molecule has 2 rings (SSSR count). The highest BCUT2D eigenvalue weighted by Gasteiger charge is 2.03. The lowest BCUT2D eigenvalue weighted by Crippen LogP contribution is -2.12. The fraction of sp³-hybridized carbons (Fsp3) is 0.143. The van der Waals surface area contributed by atoms with E-state index in [-0.39, 0.29) is 0 Å². The lowest BCUT2D eigenvalue weighted by molar-refractivity contribution is 0.304. The summed E-state index contributed by atoms with van der Waals surface area (Å²) >= 11 is 8.34. The van der Waals surface area contributed by atoms with Gasteiger partial charge in [-0.05, 0) is 42.3 Å². The quantitative estimate of drug-likeness (QED) is 0.869. The second-order valence-corrected chi connectivity index (χ2v) is 5.47. The van der Waals surface area contributed by atoms with Crippen molar-refractivity contribution < 1.29 is 4.74 Å². The minimum absolute atomic E-state index is 0.292. The predicted molar refractivity (Wildman–Crippen MR) is 83.3 cm³/mol. The van der Waals surface area contributed by atoms with Crippen molar-refractivity contribution in [1.82, 2.24) is 4.98 Å². The maximum Gasteiger partial charge on any atom is 0.123 e. The van der Waals surface area contributed by atoms with E-state index in [1.807, 2.05) is 37.3 Å². The van der Waals surface area contributed by atoms with E-state index in [0.717, 1.165) is 21.3 Å². The van der Waals surface area contributed by atoms with Crippen LogP contribution in [0.5, 0.6) is 5.75 Å². The molecule has 0 saturated heterocycles. The first-order chi connectivity index (χ1) is 9.06. The van der Waals surface area contributed by atoms with Crippen LogP contribution in [0.4, 0.5) is 0 Å². The van der Waals surface area contributed by atoms with Gasteiger partial charge in [-0.15, -0.1) is 0 Å². The monoisotopic (exact) mass is 336 g/mol. The van der Waals surface area contributed by atoms with Crippen molar-refractivity contribution in [3.8, 4) is 5.75 Å². The van der Waals surface area contributed by atoms with Gasteiger partial charge >= 0.3 is 0 Å². The molecule has 19 heavy (non-hydrogen) atoms. The van der Waals surface area contributed by atoms with E-state index < -0.39 is 0 Å². The van der Waals surface area contributed by atoms with E-state index in [2.05, 4.69) is 20.9 Å². The van der Waals surface area contributed by atoms with Gasteiger partial charge in [0.05, 0.1) is 5.69 Å². The number of pyridine rings is 1. The minimum Gasteiger partial charge on any atom is -0.489 e. The fourth-order valence-electron chi connectivity index (χ4n) is 1.59. The molecule has 0 saturated carbocycles. The number of thiocarbonyl (C=S) groups is 1. The van der Waals surface area contributed by atoms with Crippen LogP contribution in [0.25, 0.3) is 0 Å². The Morgan fingerprint density at radius 3 is 2.89 bits per heavy atom. The summed E-state index contributed by atoms with van der Waals surface area (Å²) in [5.74, 6) is 0.850. The van der Waals surface area contributed by atoms with Crippen molar-refractivity contribution in [2.75, 3.05) is 0 Å². The number of aryl methyl sites for hydroxylation is 1. The molecule has 2 N–H and O–H groups in total. The highest BCUT2D eigenvalue weighted by molar-refractivity contribution is 9.10. The number of halogens is 1. The molecule has 0 unspecified atom stereocenters. The molecule has 2 aromatic rings. The van der Waals surface area contributed by atoms with Crippen molar-refractivity contribution >= 4 is 33.1 Å². The Bertz CT molecular complexity index is 616. The first-order valence-corrected chi connectivity index (χ1v) is 6.90. The van der Waals surface area contributed by atoms with Crippen LogP contribution in [0.15, 0.2) is 41.0 Å². The Labute approximate surface area is 125 Å². The molecule has 0 amide bonds. The normalized spacial score (nSPS) is 10.2. The number of benzene rings is 1. The van der Waals surface area contributed by atoms with Crippen LogP contribution in [-0.4, -0.2) is 9.97 Å². The average molecular weight is 337 g/mol. The van der Waals surface area contributed by atoms with E-state index in [1.54, 1.807) is 6.20 Å². The van der Waals surface area contributed by atoms with Crippen LogP contribution >= 0.6 is 28.1 Å². The number of hydrogen-bond donors (Lipinski definition) is 1. The van der Waals surface area contributed by atoms with E-state index in [9.17, 15) is 0 Å². The minimum atomic E-state index is 0.292. The number of aromatic nitrogens is 1. The Balaban J connectivity index is 2.12. The van der Waals surface area contributed by atoms with Crippen molar-refractivity contribution in [1.29, 1.82) is 0 Å². The molecule has 0 aliphatic heterocycles. The van der Waals surface area contributed by atoms with Gasteiger partial charge in [-0.3, -0.25) is 4.98 Å². The molecule has 3 nitrogen and oxygen atoms in total. The van der Waals surface area contributed by atoms with Crippen molar-refractivity contribution in [2.45, 2.75) is 13.5 Å². The number of nitrogens with zero attached hydrogens (tertiary/aromatic N) is 1. The average Bonchev–Trinajstić information content (AvgIpc) is 2.40. The lowest BCUT2D eigenvalue weighted by Gasteiger charge is -2.10. The topological polar surface area (TPSA) is 48.1 Å². The molecule has 0 radical (unpaired) electrons. The molecule has 0 bridgehead atoms. The number of hydrogen-bond acceptors (Lipinski definition) is 3. The van der Waals surface area contributed by atoms with Crippen molar-refractivity contribution in [3.05, 3.63) is 57.8 Å². The molecule has 1 aromatic heterocycles. The molecule has 0 fully saturated rings. The van der Waals surface area contributed by atoms with Gasteiger partial charge in [0.2, 0.25) is 0 Å². The summed E-state index contributed by atoms with van der Waals surface area (Å²) in [7, 11) is 0. The van der Waals surface area contributed by atoms with E-state index >= 15 is 0 Å². The van der Waals surface area contributed by atoms with Crippen LogP contribution < -0.4 is 10.5 Å². The Morgan fingerprint density at radius 2 is 2.16 bits per heavy atom. The van der Waals surface area contributed by atoms with Crippen LogP contribution in [0.3, 0.4) is 0 Å². The van der Waals surface area contributed by atoms with Crippen molar-refractivity contribution in [2.24, 2.45) is 5.73 Å². The van der Waals surface area contributed by atoms with Crippen LogP contribution in [0.2, 0.25) is 0 Å². The maximum absolute atomic E-state index is 5.80. The van der Waals surface area contributed by atoms with E-state index in [4.69, 9.17) is 22.7 Å². The summed E-state index contributed by atoms with van der Waals surface area (Å²) in [6.45, 7) is 2.46. The summed E-state index contributed by atoms with van der Waals surface area (Å²) in [4.78, 5) is 4.39. The number of rotatable bonds is 4. The molecule has 5 heteroatoms. The van der Waals surface area contributed by atoms with Gasteiger partial charge in [0.1, 0.15) is 17.3 Å². The summed E-state index contributed by atoms with van der Waals surface area (Å²) in [6.07, 6.45) is 1.68. The molecular weight excluding hydrogens is 324 g/mol. The fourth-order valence-corrected chi connectivity index (χ4v) is 2.04. The third-order valence-corrected chi connectivity index (χ3v) is 3.32. The molecule has 98 valence electrons. The molecule has 0 aliphatic carbocycles. The SMILES string of the molecule is Cc1ccc(Br)cc1OCc1ccnc(C(N)=S)c1. The van der Waals surface area contributed by atoms with Gasteiger partial charge in [0.25, 0.3) is 0 Å². The second-order valence-electron chi connectivity index (χ2n) is 4.11. The van der Waals surface area contributed by atoms with E-state index in [1.165, 1.54) is 0 Å². The van der Waals surface area contributed by atoms with Crippen LogP contribution in [0.1, 0.15) is 16.8 Å². The van der Waals surface area contributed by atoms with Gasteiger partial charge in [-0.2, -0.15) is 0 Å². The lowest BCUT2D eigenvalue weighted by atomic mass is 10.2. The number of ether oxygens (including phenoxy) is 1. The van der Waals surface area contributed by atoms with Crippen LogP contribution in [0, 0.1) is 6.92 Å². The largest absolute Gasteiger partial charge is 0.489 e. The molecule has 1 heterocycles. The highest BCUT2D eigenvalue weighted by atomic mass is 79.9. The Hall–Kier alpha value is -1.46. The summed E-state index contributed by atoms with van der Waals surface area (Å²) < 4.78 is 6.79. The third-order valence-electron chi connectivity index (χ3n) is 2.62. The van der Waals surface area contributed by atoms with E-state index in [0.29, 0.717) is 17.3 Å².